The second-order valence-corrected chi connectivity index (χ2v) is 31.5. The molecule has 2 N–H and O–H groups in total. The van der Waals surface area contributed by atoms with Gasteiger partial charge in [0, 0.05) is 107 Å². The molecule has 16 nitrogen and oxygen atoms in total. The lowest BCUT2D eigenvalue weighted by Gasteiger charge is -2.47. The molecule has 1 spiro atoms. The molecule has 3 saturated carbocycles. The van der Waals surface area contributed by atoms with Crippen molar-refractivity contribution in [2.45, 2.75) is 135 Å². The number of halogens is 2. The highest BCUT2D eigenvalue weighted by Crippen LogP contribution is 2.49. The Morgan fingerprint density at radius 1 is 0.833 bits per heavy atom. The maximum atomic E-state index is 17.7. The molecule has 0 unspecified atom stereocenters. The van der Waals surface area contributed by atoms with E-state index in [1.165, 1.54) is 50.9 Å². The first-order valence-corrected chi connectivity index (χ1v) is 32.8. The number of anilines is 2. The number of benzene rings is 3. The second kappa shape index (κ2) is 24.5. The number of fused-ring (bicyclic) bond motifs is 2. The van der Waals surface area contributed by atoms with Crippen LogP contribution in [0.3, 0.4) is 0 Å². The first-order chi connectivity index (χ1) is 40.4. The lowest BCUT2D eigenvalue weighted by Crippen LogP contribution is -2.50. The van der Waals surface area contributed by atoms with Crippen LogP contribution >= 0.6 is 0 Å². The summed E-state index contributed by atoms with van der Waals surface area (Å²) in [4.78, 5) is 61.4. The molecule has 6 fully saturated rings. The third-order valence-electron chi connectivity index (χ3n) is 19.5. The zero-order chi connectivity index (χ0) is 59.1. The van der Waals surface area contributed by atoms with Gasteiger partial charge >= 0.3 is 12.0 Å². The maximum absolute atomic E-state index is 17.7. The summed E-state index contributed by atoms with van der Waals surface area (Å²) in [5.41, 5.74) is 6.52. The number of aromatic nitrogens is 3. The van der Waals surface area contributed by atoms with Crippen molar-refractivity contribution in [1.29, 1.82) is 0 Å². The Bertz CT molecular complexity index is 3330. The summed E-state index contributed by atoms with van der Waals surface area (Å²) in [6, 6.07) is 11.6. The van der Waals surface area contributed by atoms with Gasteiger partial charge in [-0.15, -0.1) is 5.54 Å². The quantitative estimate of drug-likeness (QED) is 0.0456. The van der Waals surface area contributed by atoms with E-state index in [4.69, 9.17) is 33.9 Å². The number of nitrogens with one attached hydrogen (secondary N) is 2. The topological polar surface area (TPSA) is 164 Å². The monoisotopic (exact) mass is 1170 g/mol. The standard InChI is InChI=1S/C65H83F2N9O7Si/c1-41(2)84(42(3)4,43(5)6)32-18-49-52(66)13-9-45-33-48(83-40-80-7)35-50(56(45)49)58-57(67)59-51(36-68-58)60(69-47-11-12-47)72-62(71-59)82-39-65(21-22-65)38-74-30-28-73(29-31-74)37-44-15-19-64(20-16-44)23-26-75(27-24-64)61(78)46-10-14-54(81-8)53(34-46)76-25-17-55(77)70-63(76)79/h9-10,13-14,33-36,41-44,47H,11-12,15-17,19-31,37-40H2,1-8H3,(H,69,71,72)(H,70,77,79). The number of hydrogen-bond donors (Lipinski definition) is 2. The van der Waals surface area contributed by atoms with E-state index in [1.807, 2.05) is 4.90 Å². The molecule has 5 aromatic rings. The molecular formula is C65H83F2N9O7Si. The fourth-order valence-corrected chi connectivity index (χ4v) is 19.4. The average molecular weight is 1170 g/mol. The van der Waals surface area contributed by atoms with E-state index in [-0.39, 0.29) is 71.2 Å². The molecule has 19 heteroatoms. The number of urea groups is 1. The molecule has 0 bridgehead atoms. The molecule has 0 radical (unpaired) electrons. The summed E-state index contributed by atoms with van der Waals surface area (Å²) >= 11 is 0. The van der Waals surface area contributed by atoms with Gasteiger partial charge in [0.25, 0.3) is 5.91 Å². The van der Waals surface area contributed by atoms with Crippen LogP contribution in [0.2, 0.25) is 16.6 Å². The van der Waals surface area contributed by atoms with E-state index in [0.29, 0.717) is 92.5 Å². The number of pyridine rings is 1. The van der Waals surface area contributed by atoms with Crippen molar-refractivity contribution in [3.05, 3.63) is 71.4 Å². The molecule has 4 amide bonds. The number of ether oxygens (including phenoxy) is 4. The third-order valence-corrected chi connectivity index (χ3v) is 25.8. The zero-order valence-electron chi connectivity index (χ0n) is 50.3. The van der Waals surface area contributed by atoms with Crippen molar-refractivity contribution in [3.63, 3.8) is 0 Å². The molecule has 0 atom stereocenters. The van der Waals surface area contributed by atoms with E-state index in [9.17, 15) is 14.4 Å². The van der Waals surface area contributed by atoms with Gasteiger partial charge in [0.1, 0.15) is 42.4 Å². The number of imide groups is 1. The Labute approximate surface area is 494 Å². The van der Waals surface area contributed by atoms with E-state index < -0.39 is 25.7 Å². The van der Waals surface area contributed by atoms with Gasteiger partial charge in [0.15, 0.2) is 12.6 Å². The van der Waals surface area contributed by atoms with Crippen LogP contribution in [0.5, 0.6) is 17.5 Å². The van der Waals surface area contributed by atoms with Crippen LogP contribution in [0.15, 0.2) is 48.7 Å². The van der Waals surface area contributed by atoms with E-state index >= 15 is 8.78 Å². The minimum absolute atomic E-state index is 0.00140. The fraction of sp³-hybridized carbons (Fsp3) is 0.569. The number of nitrogens with zero attached hydrogens (tertiary/aromatic N) is 7. The van der Waals surface area contributed by atoms with Gasteiger partial charge in [-0.25, -0.2) is 13.6 Å². The largest absolute Gasteiger partial charge is 0.495 e. The van der Waals surface area contributed by atoms with Gasteiger partial charge in [0.2, 0.25) is 5.91 Å². The van der Waals surface area contributed by atoms with Gasteiger partial charge in [-0.05, 0) is 134 Å². The Morgan fingerprint density at radius 2 is 1.55 bits per heavy atom. The number of carbonyl (C=O) groups is 3. The lowest BCUT2D eigenvalue weighted by atomic mass is 9.65. The van der Waals surface area contributed by atoms with Crippen molar-refractivity contribution in [1.82, 2.24) is 35.0 Å². The molecule has 3 saturated heterocycles. The van der Waals surface area contributed by atoms with E-state index in [2.05, 4.69) is 73.4 Å². The van der Waals surface area contributed by atoms with Gasteiger partial charge in [-0.3, -0.25) is 24.8 Å². The minimum Gasteiger partial charge on any atom is -0.495 e. The number of piperidine rings is 1. The predicted molar refractivity (Wildman–Crippen MR) is 325 cm³/mol. The van der Waals surface area contributed by atoms with Crippen molar-refractivity contribution >= 4 is 59.1 Å². The Kier molecular flexibility index (Phi) is 17.3. The number of carbonyl (C=O) groups excluding carboxylic acids is 3. The average Bonchev–Trinajstić information content (AvgIpc) is 2.22. The molecule has 3 aliphatic carbocycles. The molecule has 84 heavy (non-hydrogen) atoms. The molecule has 3 aliphatic heterocycles. The molecule has 3 aromatic carbocycles. The summed E-state index contributed by atoms with van der Waals surface area (Å²) in [6.45, 7) is 21.4. The summed E-state index contributed by atoms with van der Waals surface area (Å²) < 4.78 is 57.3. The van der Waals surface area contributed by atoms with Crippen LogP contribution in [-0.2, 0) is 9.53 Å². The number of rotatable bonds is 19. The number of hydrogen-bond acceptors (Lipinski definition) is 13. The second-order valence-electron chi connectivity index (χ2n) is 25.9. The lowest BCUT2D eigenvalue weighted by molar-refractivity contribution is -0.120. The summed E-state index contributed by atoms with van der Waals surface area (Å²) in [5.74, 6) is 3.89. The van der Waals surface area contributed by atoms with Crippen LogP contribution in [0, 0.1) is 39.8 Å². The molecular weight excluding hydrogens is 1080 g/mol. The van der Waals surface area contributed by atoms with Crippen LogP contribution in [0.4, 0.5) is 25.1 Å². The maximum Gasteiger partial charge on any atom is 0.328 e. The third kappa shape index (κ3) is 12.3. The van der Waals surface area contributed by atoms with Crippen LogP contribution in [0.25, 0.3) is 32.9 Å². The number of piperazine rings is 1. The predicted octanol–water partition coefficient (Wildman–Crippen LogP) is 11.6. The summed E-state index contributed by atoms with van der Waals surface area (Å²) in [7, 11) is 0.766. The SMILES string of the molecule is COCOc1cc(-c2ncc3c(NC4CC4)nc(OCC4(CN5CCN(CC6CCC7(CC6)CCN(C(=O)c6ccc(OC)c(N8CCC(=O)NC8=O)c6)CC7)CC5)CC4)nc3c2F)c2c(C#C[Si](C(C)C)(C(C)C)C(C)C)c(F)ccc2c1. The molecule has 5 heterocycles. The Hall–Kier alpha value is -6.46. The van der Waals surface area contributed by atoms with Crippen LogP contribution in [0.1, 0.15) is 128 Å². The molecule has 6 aliphatic rings. The normalized spacial score (nSPS) is 19.5. The Balaban J connectivity index is 0.722. The highest BCUT2D eigenvalue weighted by atomic mass is 28.3. The molecule has 11 rings (SSSR count). The number of methoxy groups -OCH3 is 2. The number of amides is 4. The summed E-state index contributed by atoms with van der Waals surface area (Å²) in [5, 5.41) is 7.39. The fourth-order valence-electron chi connectivity index (χ4n) is 14.2. The highest BCUT2D eigenvalue weighted by Gasteiger charge is 2.46. The summed E-state index contributed by atoms with van der Waals surface area (Å²) in [6.07, 6.45) is 12.6. The zero-order valence-corrected chi connectivity index (χ0v) is 51.3. The Morgan fingerprint density at radius 3 is 2.20 bits per heavy atom. The first kappa shape index (κ1) is 59.3. The van der Waals surface area contributed by atoms with E-state index in [0.717, 1.165) is 77.8 Å². The van der Waals surface area contributed by atoms with Crippen LogP contribution < -0.4 is 29.7 Å². The van der Waals surface area contributed by atoms with Crippen LogP contribution in [-0.4, -0.2) is 148 Å². The van der Waals surface area contributed by atoms with Gasteiger partial charge < -0.3 is 39.0 Å². The van der Waals surface area contributed by atoms with Gasteiger partial charge in [-0.2, -0.15) is 9.97 Å². The minimum atomic E-state index is -2.30. The van der Waals surface area contributed by atoms with Crippen molar-refractivity contribution in [3.8, 4) is 40.2 Å². The molecule has 2 aromatic heterocycles. The van der Waals surface area contributed by atoms with Gasteiger partial charge in [-0.1, -0.05) is 53.5 Å². The number of likely N-dealkylation sites (tertiary alicyclic amines) is 1. The molecule has 448 valence electrons. The smallest absolute Gasteiger partial charge is 0.328 e. The van der Waals surface area contributed by atoms with Crippen molar-refractivity contribution in [2.24, 2.45) is 16.7 Å². The van der Waals surface area contributed by atoms with Gasteiger partial charge in [0.05, 0.1) is 30.4 Å². The van der Waals surface area contributed by atoms with Crippen molar-refractivity contribution in [2.75, 3.05) is 96.7 Å². The first-order valence-electron chi connectivity index (χ1n) is 30.6. The van der Waals surface area contributed by atoms with Crippen molar-refractivity contribution < 1.29 is 42.1 Å². The van der Waals surface area contributed by atoms with E-state index in [1.54, 1.807) is 42.6 Å². The highest BCUT2D eigenvalue weighted by molar-refractivity contribution is 6.90.